The molecule has 0 aliphatic rings. The first kappa shape index (κ1) is 13.4. The van der Waals surface area contributed by atoms with E-state index in [0.717, 1.165) is 31.6 Å². The Balaban J connectivity index is 2.46. The molecule has 0 atom stereocenters. The summed E-state index contributed by atoms with van der Waals surface area (Å²) in [5.41, 5.74) is 0.00225. The van der Waals surface area contributed by atoms with E-state index in [-0.39, 0.29) is 12.3 Å². The molecular formula is C11H17N3O3. The Bertz CT molecular complexity index is 353. The minimum atomic E-state index is -0.460. The maximum Gasteiger partial charge on any atom is 0.287 e. The van der Waals surface area contributed by atoms with Gasteiger partial charge in [0.1, 0.15) is 12.0 Å². The second-order valence-electron chi connectivity index (χ2n) is 3.84. The quantitative estimate of drug-likeness (QED) is 0.444. The number of aliphatic hydroxyl groups is 1. The van der Waals surface area contributed by atoms with Crippen molar-refractivity contribution in [2.45, 2.75) is 19.3 Å². The van der Waals surface area contributed by atoms with Crippen LogP contribution in [0.3, 0.4) is 0 Å². The average molecular weight is 239 g/mol. The van der Waals surface area contributed by atoms with Crippen molar-refractivity contribution < 1.29 is 10.0 Å². The largest absolute Gasteiger partial charge is 0.396 e. The fraction of sp³-hybridized carbons (Fsp3) is 0.545. The van der Waals surface area contributed by atoms with Crippen LogP contribution < -0.4 is 4.90 Å². The van der Waals surface area contributed by atoms with Gasteiger partial charge in [-0.25, -0.2) is 4.98 Å². The molecule has 0 unspecified atom stereocenters. The molecule has 1 N–H and O–H groups in total. The Kier molecular flexibility index (Phi) is 5.35. The first-order chi connectivity index (χ1) is 8.15. The first-order valence-electron chi connectivity index (χ1n) is 5.57. The van der Waals surface area contributed by atoms with E-state index in [1.165, 1.54) is 12.3 Å². The molecule has 6 nitrogen and oxygen atoms in total. The predicted octanol–water partition coefficient (Wildman–Crippen LogP) is 1.59. The van der Waals surface area contributed by atoms with E-state index in [0.29, 0.717) is 0 Å². The van der Waals surface area contributed by atoms with Gasteiger partial charge in [0.25, 0.3) is 5.69 Å². The lowest BCUT2D eigenvalue weighted by molar-refractivity contribution is -0.385. The predicted molar refractivity (Wildman–Crippen MR) is 65.1 cm³/mol. The van der Waals surface area contributed by atoms with Crippen molar-refractivity contribution in [2.75, 3.05) is 25.1 Å². The lowest BCUT2D eigenvalue weighted by atomic mass is 10.2. The molecule has 17 heavy (non-hydrogen) atoms. The third-order valence-electron chi connectivity index (χ3n) is 2.49. The van der Waals surface area contributed by atoms with Crippen molar-refractivity contribution >= 4 is 11.5 Å². The van der Waals surface area contributed by atoms with E-state index in [1.54, 1.807) is 6.07 Å². The summed E-state index contributed by atoms with van der Waals surface area (Å²) in [4.78, 5) is 16.0. The molecule has 0 amide bonds. The average Bonchev–Trinajstić information content (AvgIpc) is 2.34. The highest BCUT2D eigenvalue weighted by molar-refractivity contribution is 5.41. The molecule has 0 fully saturated rings. The van der Waals surface area contributed by atoms with Crippen molar-refractivity contribution in [3.05, 3.63) is 28.4 Å². The minimum absolute atomic E-state index is 0.00225. The van der Waals surface area contributed by atoms with Gasteiger partial charge in [-0.1, -0.05) is 0 Å². The van der Waals surface area contributed by atoms with Crippen LogP contribution in [0.15, 0.2) is 18.3 Å². The summed E-state index contributed by atoms with van der Waals surface area (Å²) in [6.45, 7) is 1.05. The normalized spacial score (nSPS) is 10.2. The second kappa shape index (κ2) is 6.80. The highest BCUT2D eigenvalue weighted by Gasteiger charge is 2.07. The molecule has 0 radical (unpaired) electrons. The van der Waals surface area contributed by atoms with Crippen LogP contribution in [0.25, 0.3) is 0 Å². The summed E-state index contributed by atoms with van der Waals surface area (Å²) in [6, 6.07) is 3.09. The summed E-state index contributed by atoms with van der Waals surface area (Å²) < 4.78 is 0. The van der Waals surface area contributed by atoms with Crippen LogP contribution in [0.4, 0.5) is 11.5 Å². The molecule has 0 saturated heterocycles. The van der Waals surface area contributed by atoms with Crippen LogP contribution in [0, 0.1) is 10.1 Å². The zero-order valence-corrected chi connectivity index (χ0v) is 9.87. The van der Waals surface area contributed by atoms with E-state index in [2.05, 4.69) is 4.98 Å². The smallest absolute Gasteiger partial charge is 0.287 e. The second-order valence-corrected chi connectivity index (χ2v) is 3.84. The first-order valence-corrected chi connectivity index (χ1v) is 5.57. The monoisotopic (exact) mass is 239 g/mol. The highest BCUT2D eigenvalue weighted by atomic mass is 16.6. The Morgan fingerprint density at radius 1 is 1.41 bits per heavy atom. The van der Waals surface area contributed by atoms with Gasteiger partial charge in [0, 0.05) is 26.3 Å². The van der Waals surface area contributed by atoms with Gasteiger partial charge >= 0.3 is 0 Å². The van der Waals surface area contributed by atoms with Crippen molar-refractivity contribution in [2.24, 2.45) is 0 Å². The van der Waals surface area contributed by atoms with Gasteiger partial charge in [0.15, 0.2) is 0 Å². The Labute approximate surface area is 100 Å². The zero-order chi connectivity index (χ0) is 12.7. The van der Waals surface area contributed by atoms with Gasteiger partial charge in [-0.2, -0.15) is 0 Å². The number of aromatic nitrogens is 1. The molecule has 0 aliphatic carbocycles. The molecule has 6 heteroatoms. The number of hydrogen-bond donors (Lipinski definition) is 1. The Morgan fingerprint density at radius 3 is 2.71 bits per heavy atom. The summed E-state index contributed by atoms with van der Waals surface area (Å²) in [6.07, 6.45) is 4.00. The van der Waals surface area contributed by atoms with Crippen molar-refractivity contribution in [3.63, 3.8) is 0 Å². The molecule has 0 bridgehead atoms. The third-order valence-corrected chi connectivity index (χ3v) is 2.49. The summed E-state index contributed by atoms with van der Waals surface area (Å²) in [7, 11) is 1.90. The van der Waals surface area contributed by atoms with E-state index in [9.17, 15) is 10.1 Å². The van der Waals surface area contributed by atoms with Crippen molar-refractivity contribution in [1.82, 2.24) is 4.98 Å². The zero-order valence-electron chi connectivity index (χ0n) is 9.87. The number of rotatable bonds is 7. The van der Waals surface area contributed by atoms with Gasteiger partial charge < -0.3 is 10.0 Å². The van der Waals surface area contributed by atoms with Gasteiger partial charge in [0.2, 0.25) is 0 Å². The molecule has 1 aromatic heterocycles. The molecule has 1 rings (SSSR count). The number of nitro groups is 1. The SMILES string of the molecule is CN(CCCCCO)c1ccc([N+](=O)[O-])cn1. The Morgan fingerprint density at radius 2 is 2.18 bits per heavy atom. The van der Waals surface area contributed by atoms with E-state index < -0.39 is 4.92 Å². The third kappa shape index (κ3) is 4.36. The molecule has 0 saturated carbocycles. The molecule has 1 heterocycles. The molecule has 0 spiro atoms. The number of pyridine rings is 1. The van der Waals surface area contributed by atoms with E-state index in [4.69, 9.17) is 5.11 Å². The summed E-state index contributed by atoms with van der Waals surface area (Å²) in [5, 5.41) is 19.1. The molecular weight excluding hydrogens is 222 g/mol. The summed E-state index contributed by atoms with van der Waals surface area (Å²) >= 11 is 0. The number of unbranched alkanes of at least 4 members (excludes halogenated alkanes) is 2. The maximum atomic E-state index is 10.5. The number of anilines is 1. The number of nitrogens with zero attached hydrogens (tertiary/aromatic N) is 3. The maximum absolute atomic E-state index is 10.5. The molecule has 94 valence electrons. The van der Waals surface area contributed by atoms with E-state index in [1.807, 2.05) is 11.9 Å². The van der Waals surface area contributed by atoms with Crippen LogP contribution in [0.5, 0.6) is 0 Å². The van der Waals surface area contributed by atoms with Crippen molar-refractivity contribution in [1.29, 1.82) is 0 Å². The molecule has 1 aromatic rings. The lowest BCUT2D eigenvalue weighted by Gasteiger charge is -2.17. The Hall–Kier alpha value is -1.69. The molecule has 0 aromatic carbocycles. The highest BCUT2D eigenvalue weighted by Crippen LogP contribution is 2.15. The van der Waals surface area contributed by atoms with Crippen LogP contribution >= 0.6 is 0 Å². The van der Waals surface area contributed by atoms with Crippen LogP contribution in [0.1, 0.15) is 19.3 Å². The van der Waals surface area contributed by atoms with Gasteiger partial charge in [-0.15, -0.1) is 0 Å². The topological polar surface area (TPSA) is 79.5 Å². The van der Waals surface area contributed by atoms with Crippen LogP contribution in [-0.2, 0) is 0 Å². The van der Waals surface area contributed by atoms with Gasteiger partial charge in [0.05, 0.1) is 4.92 Å². The van der Waals surface area contributed by atoms with Crippen LogP contribution in [-0.4, -0.2) is 35.2 Å². The summed E-state index contributed by atoms with van der Waals surface area (Å²) in [5.74, 6) is 0.722. The standard InChI is InChI=1S/C11H17N3O3/c1-13(7-3-2-4-8-15)11-6-5-10(9-12-11)14(16)17/h5-6,9,15H,2-4,7-8H2,1H3. The molecule has 0 aliphatic heterocycles. The number of aliphatic hydroxyl groups excluding tert-OH is 1. The van der Waals surface area contributed by atoms with Crippen molar-refractivity contribution in [3.8, 4) is 0 Å². The van der Waals surface area contributed by atoms with Crippen LogP contribution in [0.2, 0.25) is 0 Å². The van der Waals surface area contributed by atoms with Gasteiger partial charge in [-0.05, 0) is 25.3 Å². The fourth-order valence-electron chi connectivity index (χ4n) is 1.46. The lowest BCUT2D eigenvalue weighted by Crippen LogP contribution is -2.19. The van der Waals surface area contributed by atoms with E-state index >= 15 is 0 Å². The number of hydrogen-bond acceptors (Lipinski definition) is 5. The minimum Gasteiger partial charge on any atom is -0.396 e. The fourth-order valence-corrected chi connectivity index (χ4v) is 1.46. The van der Waals surface area contributed by atoms with Gasteiger partial charge in [-0.3, -0.25) is 10.1 Å².